The molecular weight excluding hydrogens is 327 g/mol. The molecule has 4 heteroatoms. The van der Waals surface area contributed by atoms with Gasteiger partial charge in [-0.05, 0) is 68.3 Å². The summed E-state index contributed by atoms with van der Waals surface area (Å²) in [6.45, 7) is 9.34. The van der Waals surface area contributed by atoms with E-state index in [0.29, 0.717) is 12.0 Å². The number of benzene rings is 2. The first kappa shape index (κ1) is 18.6. The smallest absolute Gasteiger partial charge is 0.162 e. The van der Waals surface area contributed by atoms with E-state index in [9.17, 15) is 9.18 Å². The fraction of sp³-hybridized carbons (Fsp3) is 0.409. The maximum Gasteiger partial charge on any atom is 0.162 e. The molecule has 0 saturated carbocycles. The second-order valence-corrected chi connectivity index (χ2v) is 7.15. The van der Waals surface area contributed by atoms with E-state index < -0.39 is 0 Å². The molecular formula is C22H27FN2O. The molecule has 1 aliphatic rings. The van der Waals surface area contributed by atoms with E-state index in [-0.39, 0.29) is 11.6 Å². The van der Waals surface area contributed by atoms with Crippen molar-refractivity contribution in [2.45, 2.75) is 26.7 Å². The van der Waals surface area contributed by atoms with Gasteiger partial charge in [-0.2, -0.15) is 0 Å². The molecule has 26 heavy (non-hydrogen) atoms. The van der Waals surface area contributed by atoms with Crippen LogP contribution in [0.4, 0.5) is 10.1 Å². The van der Waals surface area contributed by atoms with Crippen molar-refractivity contribution in [2.24, 2.45) is 0 Å². The summed E-state index contributed by atoms with van der Waals surface area (Å²) in [5.74, 6) is -0.206. The minimum absolute atomic E-state index is 0.0963. The van der Waals surface area contributed by atoms with Crippen LogP contribution < -0.4 is 4.90 Å². The number of hydrogen-bond donors (Lipinski definition) is 0. The van der Waals surface area contributed by atoms with Crippen LogP contribution in [0.1, 0.15) is 34.3 Å². The third-order valence-electron chi connectivity index (χ3n) is 5.12. The van der Waals surface area contributed by atoms with Crippen molar-refractivity contribution in [3.63, 3.8) is 0 Å². The SMILES string of the molecule is Cc1ccc(C)c(N2CCN(CCCC(=O)c3ccc(F)cc3)CC2)c1. The Labute approximate surface area is 155 Å². The molecule has 3 rings (SSSR count). The van der Waals surface area contributed by atoms with Crippen molar-refractivity contribution in [3.8, 4) is 0 Å². The number of anilines is 1. The summed E-state index contributed by atoms with van der Waals surface area (Å²) in [6, 6.07) is 12.5. The first-order valence-electron chi connectivity index (χ1n) is 9.36. The van der Waals surface area contributed by atoms with Crippen LogP contribution in [0.2, 0.25) is 0 Å². The highest BCUT2D eigenvalue weighted by Gasteiger charge is 2.18. The van der Waals surface area contributed by atoms with Crippen molar-refractivity contribution in [3.05, 3.63) is 65.0 Å². The summed E-state index contributed by atoms with van der Waals surface area (Å²) in [5.41, 5.74) is 4.57. The van der Waals surface area contributed by atoms with Crippen LogP contribution in [-0.4, -0.2) is 43.4 Å². The van der Waals surface area contributed by atoms with Crippen LogP contribution >= 0.6 is 0 Å². The van der Waals surface area contributed by atoms with E-state index in [1.807, 2.05) is 0 Å². The van der Waals surface area contributed by atoms with Crippen molar-refractivity contribution in [1.82, 2.24) is 4.90 Å². The fourth-order valence-electron chi connectivity index (χ4n) is 3.52. The third-order valence-corrected chi connectivity index (χ3v) is 5.12. The quantitative estimate of drug-likeness (QED) is 0.726. The third kappa shape index (κ3) is 4.70. The molecule has 0 radical (unpaired) electrons. The van der Waals surface area contributed by atoms with E-state index >= 15 is 0 Å². The second kappa shape index (κ2) is 8.45. The van der Waals surface area contributed by atoms with Gasteiger partial charge >= 0.3 is 0 Å². The lowest BCUT2D eigenvalue weighted by atomic mass is 10.1. The van der Waals surface area contributed by atoms with Gasteiger partial charge in [-0.15, -0.1) is 0 Å². The molecule has 0 aliphatic carbocycles. The van der Waals surface area contributed by atoms with E-state index in [4.69, 9.17) is 0 Å². The van der Waals surface area contributed by atoms with Gasteiger partial charge in [0.25, 0.3) is 0 Å². The predicted molar refractivity (Wildman–Crippen MR) is 105 cm³/mol. The van der Waals surface area contributed by atoms with Crippen LogP contribution in [0.25, 0.3) is 0 Å². The van der Waals surface area contributed by atoms with Crippen LogP contribution in [0.15, 0.2) is 42.5 Å². The lowest BCUT2D eigenvalue weighted by Gasteiger charge is -2.37. The maximum atomic E-state index is 12.9. The first-order chi connectivity index (χ1) is 12.5. The first-order valence-corrected chi connectivity index (χ1v) is 9.36. The van der Waals surface area contributed by atoms with Gasteiger partial charge in [0.15, 0.2) is 5.78 Å². The number of ketones is 1. The summed E-state index contributed by atoms with van der Waals surface area (Å²) in [6.07, 6.45) is 1.36. The molecule has 3 nitrogen and oxygen atoms in total. The van der Waals surface area contributed by atoms with E-state index in [2.05, 4.69) is 41.8 Å². The molecule has 1 fully saturated rings. The summed E-state index contributed by atoms with van der Waals surface area (Å²) in [4.78, 5) is 17.0. The molecule has 1 aliphatic heterocycles. The molecule has 0 unspecified atom stereocenters. The van der Waals surface area contributed by atoms with Gasteiger partial charge in [0.2, 0.25) is 0 Å². The Hall–Kier alpha value is -2.20. The summed E-state index contributed by atoms with van der Waals surface area (Å²) in [5, 5.41) is 0. The fourth-order valence-corrected chi connectivity index (χ4v) is 3.52. The molecule has 2 aromatic carbocycles. The van der Waals surface area contributed by atoms with Gasteiger partial charge in [-0.25, -0.2) is 4.39 Å². The second-order valence-electron chi connectivity index (χ2n) is 7.15. The number of rotatable bonds is 6. The monoisotopic (exact) mass is 354 g/mol. The lowest BCUT2D eigenvalue weighted by Crippen LogP contribution is -2.46. The van der Waals surface area contributed by atoms with Gasteiger partial charge in [-0.1, -0.05) is 12.1 Å². The molecule has 0 amide bonds. The Morgan fingerprint density at radius 1 is 1.00 bits per heavy atom. The van der Waals surface area contributed by atoms with Gasteiger partial charge in [-0.3, -0.25) is 9.69 Å². The van der Waals surface area contributed by atoms with Crippen molar-refractivity contribution in [2.75, 3.05) is 37.6 Å². The van der Waals surface area contributed by atoms with Crippen molar-refractivity contribution < 1.29 is 9.18 Å². The molecule has 0 aromatic heterocycles. The Bertz CT molecular complexity index is 749. The van der Waals surface area contributed by atoms with Gasteiger partial charge in [0.05, 0.1) is 0 Å². The number of carbonyl (C=O) groups is 1. The largest absolute Gasteiger partial charge is 0.369 e. The van der Waals surface area contributed by atoms with E-state index in [1.54, 1.807) is 12.1 Å². The molecule has 1 heterocycles. The number of piperazine rings is 1. The zero-order valence-corrected chi connectivity index (χ0v) is 15.7. The number of aryl methyl sites for hydroxylation is 2. The highest BCUT2D eigenvalue weighted by Crippen LogP contribution is 2.23. The minimum atomic E-state index is -0.303. The summed E-state index contributed by atoms with van der Waals surface area (Å²) < 4.78 is 12.9. The summed E-state index contributed by atoms with van der Waals surface area (Å²) >= 11 is 0. The molecule has 0 N–H and O–H groups in total. The normalized spacial score (nSPS) is 15.3. The standard InChI is InChI=1S/C22H27FN2O/c1-17-5-6-18(2)21(16-17)25-14-12-24(13-15-25)11-3-4-22(26)19-7-9-20(23)10-8-19/h5-10,16H,3-4,11-15H2,1-2H3. The van der Waals surface area contributed by atoms with Gasteiger partial charge < -0.3 is 4.90 Å². The molecule has 2 aromatic rings. The number of carbonyl (C=O) groups excluding carboxylic acids is 1. The Kier molecular flexibility index (Phi) is 6.04. The zero-order chi connectivity index (χ0) is 18.5. The van der Waals surface area contributed by atoms with Crippen LogP contribution in [0, 0.1) is 19.7 Å². The lowest BCUT2D eigenvalue weighted by molar-refractivity contribution is 0.0974. The molecule has 1 saturated heterocycles. The average Bonchev–Trinajstić information content (AvgIpc) is 2.65. The molecule has 0 spiro atoms. The molecule has 0 bridgehead atoms. The highest BCUT2D eigenvalue weighted by molar-refractivity contribution is 5.95. The van der Waals surface area contributed by atoms with Crippen LogP contribution in [0.5, 0.6) is 0 Å². The van der Waals surface area contributed by atoms with Crippen molar-refractivity contribution in [1.29, 1.82) is 0 Å². The Morgan fingerprint density at radius 2 is 1.69 bits per heavy atom. The highest BCUT2D eigenvalue weighted by atomic mass is 19.1. The topological polar surface area (TPSA) is 23.6 Å². The molecule has 0 atom stereocenters. The predicted octanol–water partition coefficient (Wildman–Crippen LogP) is 4.23. The number of halogens is 1. The van der Waals surface area contributed by atoms with Gasteiger partial charge in [0.1, 0.15) is 5.82 Å². The van der Waals surface area contributed by atoms with E-state index in [0.717, 1.165) is 39.1 Å². The maximum absolute atomic E-state index is 12.9. The zero-order valence-electron chi connectivity index (χ0n) is 15.7. The summed E-state index contributed by atoms with van der Waals surface area (Å²) in [7, 11) is 0. The van der Waals surface area contributed by atoms with Crippen LogP contribution in [-0.2, 0) is 0 Å². The number of hydrogen-bond acceptors (Lipinski definition) is 3. The minimum Gasteiger partial charge on any atom is -0.369 e. The number of nitrogens with zero attached hydrogens (tertiary/aromatic N) is 2. The van der Waals surface area contributed by atoms with E-state index in [1.165, 1.54) is 28.9 Å². The number of Topliss-reactive ketones (excluding diaryl/α,β-unsaturated/α-hetero) is 1. The van der Waals surface area contributed by atoms with Gasteiger partial charge in [0, 0.05) is 43.9 Å². The average molecular weight is 354 g/mol. The Balaban J connectivity index is 1.43. The Morgan fingerprint density at radius 3 is 2.38 bits per heavy atom. The van der Waals surface area contributed by atoms with Crippen molar-refractivity contribution >= 4 is 11.5 Å². The molecule has 138 valence electrons. The van der Waals surface area contributed by atoms with Crippen LogP contribution in [0.3, 0.4) is 0 Å².